The molecule has 2 rings (SSSR count). The molecule has 1 aliphatic rings. The number of hydrogen-bond acceptors (Lipinski definition) is 6. The van der Waals surface area contributed by atoms with E-state index in [1.807, 2.05) is 0 Å². The van der Waals surface area contributed by atoms with Gasteiger partial charge in [-0.15, -0.1) is 0 Å². The van der Waals surface area contributed by atoms with Crippen molar-refractivity contribution in [2.75, 3.05) is 32.5 Å². The molecular weight excluding hydrogens is 334 g/mol. The molecule has 1 N–H and O–H groups in total. The molecule has 0 atom stereocenters. The first kappa shape index (κ1) is 18.2. The second-order valence-electron chi connectivity index (χ2n) is 5.54. The van der Waals surface area contributed by atoms with Crippen LogP contribution in [0.3, 0.4) is 0 Å². The van der Waals surface area contributed by atoms with Crippen molar-refractivity contribution in [3.05, 3.63) is 24.5 Å². The van der Waals surface area contributed by atoms with Crippen molar-refractivity contribution in [1.82, 2.24) is 15.2 Å². The molecule has 9 heteroatoms. The minimum atomic E-state index is -3.49. The number of aromatic nitrogens is 1. The first-order valence-corrected chi connectivity index (χ1v) is 9.36. The fourth-order valence-electron chi connectivity index (χ4n) is 2.51. The van der Waals surface area contributed by atoms with Crippen LogP contribution in [-0.4, -0.2) is 67.9 Å². The monoisotopic (exact) mass is 355 g/mol. The molecule has 0 radical (unpaired) electrons. The molecule has 0 spiro atoms. The number of carbonyl (C=O) groups is 2. The number of nitrogens with one attached hydrogen (secondary N) is 1. The summed E-state index contributed by atoms with van der Waals surface area (Å²) in [7, 11) is -2.08. The fourth-order valence-corrected chi connectivity index (χ4v) is 4.18. The van der Waals surface area contributed by atoms with Crippen LogP contribution in [0.15, 0.2) is 24.5 Å². The van der Waals surface area contributed by atoms with E-state index >= 15 is 0 Å². The van der Waals surface area contributed by atoms with Gasteiger partial charge in [-0.1, -0.05) is 0 Å². The van der Waals surface area contributed by atoms with Gasteiger partial charge >= 0.3 is 0 Å². The van der Waals surface area contributed by atoms with E-state index < -0.39 is 26.7 Å². The maximum Gasteiger partial charge on any atom is 0.260 e. The van der Waals surface area contributed by atoms with E-state index in [0.29, 0.717) is 31.7 Å². The van der Waals surface area contributed by atoms with E-state index in [0.717, 1.165) is 0 Å². The summed E-state index contributed by atoms with van der Waals surface area (Å²) >= 11 is 0. The predicted molar refractivity (Wildman–Crippen MR) is 87.2 cm³/mol. The smallest absolute Gasteiger partial charge is 0.260 e. The highest BCUT2D eigenvalue weighted by Crippen LogP contribution is 2.19. The van der Waals surface area contributed by atoms with Crippen molar-refractivity contribution in [2.24, 2.45) is 0 Å². The zero-order chi connectivity index (χ0) is 17.6. The van der Waals surface area contributed by atoms with Crippen LogP contribution in [0.5, 0.6) is 5.75 Å². The molecule has 2 amide bonds. The minimum Gasteiger partial charge on any atom is -0.482 e. The Kier molecular flexibility index (Phi) is 6.13. The van der Waals surface area contributed by atoms with Gasteiger partial charge < -0.3 is 15.0 Å². The van der Waals surface area contributed by atoms with Gasteiger partial charge in [-0.2, -0.15) is 0 Å². The van der Waals surface area contributed by atoms with Gasteiger partial charge in [0.15, 0.2) is 16.4 Å². The van der Waals surface area contributed by atoms with E-state index in [2.05, 4.69) is 10.3 Å². The first-order valence-electron chi connectivity index (χ1n) is 7.65. The van der Waals surface area contributed by atoms with Crippen LogP contribution in [0.2, 0.25) is 0 Å². The normalized spacial score (nSPS) is 15.8. The first-order chi connectivity index (χ1) is 11.4. The summed E-state index contributed by atoms with van der Waals surface area (Å²) in [5.74, 6) is -0.708. The number of pyridine rings is 1. The lowest BCUT2D eigenvalue weighted by atomic mass is 10.1. The summed E-state index contributed by atoms with van der Waals surface area (Å²) < 4.78 is 29.6. The summed E-state index contributed by atoms with van der Waals surface area (Å²) in [5.41, 5.74) is 0. The molecule has 0 bridgehead atoms. The maximum absolute atomic E-state index is 12.1. The molecule has 24 heavy (non-hydrogen) atoms. The molecule has 0 aromatic carbocycles. The summed E-state index contributed by atoms with van der Waals surface area (Å²) in [6.07, 6.45) is 3.79. The summed E-state index contributed by atoms with van der Waals surface area (Å²) in [5, 5.41) is 1.73. The second kappa shape index (κ2) is 8.09. The Bertz CT molecular complexity index is 670. The van der Waals surface area contributed by atoms with Crippen molar-refractivity contribution < 1.29 is 22.7 Å². The number of likely N-dealkylation sites (tertiary alicyclic amines) is 1. The molecule has 2 heterocycles. The Balaban J connectivity index is 1.81. The third kappa shape index (κ3) is 4.92. The molecule has 0 unspecified atom stereocenters. The Morgan fingerprint density at radius 2 is 2.08 bits per heavy atom. The summed E-state index contributed by atoms with van der Waals surface area (Å²) in [4.78, 5) is 28.9. The predicted octanol–water partition coefficient (Wildman–Crippen LogP) is -0.388. The lowest BCUT2D eigenvalue weighted by Gasteiger charge is -2.31. The van der Waals surface area contributed by atoms with Crippen LogP contribution in [0.25, 0.3) is 0 Å². The van der Waals surface area contributed by atoms with E-state index in [9.17, 15) is 18.0 Å². The van der Waals surface area contributed by atoms with Crippen LogP contribution in [0.1, 0.15) is 12.8 Å². The van der Waals surface area contributed by atoms with Gasteiger partial charge in [0, 0.05) is 26.3 Å². The van der Waals surface area contributed by atoms with Gasteiger partial charge in [0.1, 0.15) is 11.5 Å². The Labute approximate surface area is 141 Å². The molecule has 1 aromatic rings. The number of sulfone groups is 1. The number of hydrogen-bond donors (Lipinski definition) is 1. The van der Waals surface area contributed by atoms with E-state index in [1.165, 1.54) is 13.2 Å². The van der Waals surface area contributed by atoms with Gasteiger partial charge in [-0.05, 0) is 25.0 Å². The summed E-state index contributed by atoms with van der Waals surface area (Å²) in [6, 6.07) is 3.42. The molecule has 8 nitrogen and oxygen atoms in total. The van der Waals surface area contributed by atoms with Gasteiger partial charge in [0.2, 0.25) is 5.91 Å². The molecule has 1 saturated heterocycles. The minimum absolute atomic E-state index is 0.110. The van der Waals surface area contributed by atoms with Gasteiger partial charge in [0.25, 0.3) is 5.91 Å². The molecule has 132 valence electrons. The highest BCUT2D eigenvalue weighted by atomic mass is 32.2. The van der Waals surface area contributed by atoms with Crippen LogP contribution >= 0.6 is 0 Å². The fraction of sp³-hybridized carbons (Fsp3) is 0.533. The number of ether oxygens (including phenoxy) is 1. The number of rotatable bonds is 6. The third-order valence-electron chi connectivity index (χ3n) is 3.91. The number of nitrogens with zero attached hydrogens (tertiary/aromatic N) is 2. The van der Waals surface area contributed by atoms with E-state index in [-0.39, 0.29) is 12.5 Å². The van der Waals surface area contributed by atoms with Crippen molar-refractivity contribution in [2.45, 2.75) is 18.1 Å². The van der Waals surface area contributed by atoms with Crippen LogP contribution in [0, 0.1) is 0 Å². The Morgan fingerprint density at radius 3 is 2.67 bits per heavy atom. The van der Waals surface area contributed by atoms with Crippen molar-refractivity contribution in [1.29, 1.82) is 0 Å². The van der Waals surface area contributed by atoms with Crippen LogP contribution < -0.4 is 10.1 Å². The quantitative estimate of drug-likeness (QED) is 0.745. The molecule has 1 aliphatic heterocycles. The Morgan fingerprint density at radius 1 is 1.38 bits per heavy atom. The summed E-state index contributed by atoms with van der Waals surface area (Å²) in [6.45, 7) is 0.571. The van der Waals surface area contributed by atoms with Gasteiger partial charge in [-0.25, -0.2) is 8.42 Å². The lowest BCUT2D eigenvalue weighted by Crippen LogP contribution is -2.45. The van der Waals surface area contributed by atoms with Crippen molar-refractivity contribution in [3.8, 4) is 5.75 Å². The number of carbonyl (C=O) groups excluding carboxylic acids is 2. The van der Waals surface area contributed by atoms with Gasteiger partial charge in [0.05, 0.1) is 11.4 Å². The van der Waals surface area contributed by atoms with Crippen LogP contribution in [-0.2, 0) is 19.4 Å². The molecule has 1 aromatic heterocycles. The number of piperidine rings is 1. The average molecular weight is 355 g/mol. The average Bonchev–Trinajstić information content (AvgIpc) is 2.60. The Hall–Kier alpha value is -2.16. The zero-order valence-electron chi connectivity index (χ0n) is 13.5. The third-order valence-corrected chi connectivity index (χ3v) is 6.06. The second-order valence-corrected chi connectivity index (χ2v) is 7.82. The molecule has 1 fully saturated rings. The SMILES string of the molecule is CNC(=O)CS(=O)(=O)C1CCN(C(=O)COc2cccnc2)CC1. The lowest BCUT2D eigenvalue weighted by molar-refractivity contribution is -0.134. The molecule has 0 saturated carbocycles. The largest absolute Gasteiger partial charge is 0.482 e. The van der Waals surface area contributed by atoms with Gasteiger partial charge in [-0.3, -0.25) is 14.6 Å². The highest BCUT2D eigenvalue weighted by Gasteiger charge is 2.32. The topological polar surface area (TPSA) is 106 Å². The number of amides is 2. The standard InChI is InChI=1S/C15H21N3O5S/c1-16-14(19)11-24(21,22)13-4-7-18(8-5-13)15(20)10-23-12-3-2-6-17-9-12/h2-3,6,9,13H,4-5,7-8,10-11H2,1H3,(H,16,19). The molecular formula is C15H21N3O5S. The zero-order valence-corrected chi connectivity index (χ0v) is 14.3. The van der Waals surface area contributed by atoms with Crippen LogP contribution in [0.4, 0.5) is 0 Å². The highest BCUT2D eigenvalue weighted by molar-refractivity contribution is 7.92. The van der Waals surface area contributed by atoms with E-state index in [4.69, 9.17) is 4.74 Å². The molecule has 0 aliphatic carbocycles. The van der Waals surface area contributed by atoms with E-state index in [1.54, 1.807) is 23.2 Å². The van der Waals surface area contributed by atoms with Crippen molar-refractivity contribution >= 4 is 21.7 Å². The maximum atomic E-state index is 12.1. The van der Waals surface area contributed by atoms with Crippen molar-refractivity contribution in [3.63, 3.8) is 0 Å².